The molecule has 0 saturated heterocycles. The number of anilines is 1. The van der Waals surface area contributed by atoms with Crippen molar-refractivity contribution in [2.45, 2.75) is 11.8 Å². The van der Waals surface area contributed by atoms with E-state index in [1.807, 2.05) is 37.3 Å². The minimum Gasteiger partial charge on any atom is -0.422 e. The summed E-state index contributed by atoms with van der Waals surface area (Å²) in [6.07, 6.45) is 0. The minimum atomic E-state index is -3.77. The van der Waals surface area contributed by atoms with Gasteiger partial charge in [-0.25, -0.2) is 13.2 Å². The summed E-state index contributed by atoms with van der Waals surface area (Å²) in [5.41, 5.74) is 1.08. The third-order valence-electron chi connectivity index (χ3n) is 5.62. The Morgan fingerprint density at radius 2 is 1.53 bits per heavy atom. The predicted octanol–water partition coefficient (Wildman–Crippen LogP) is 5.29. The molecule has 6 nitrogen and oxygen atoms in total. The van der Waals surface area contributed by atoms with Gasteiger partial charge in [0, 0.05) is 16.6 Å². The van der Waals surface area contributed by atoms with Gasteiger partial charge in [0.05, 0.1) is 4.90 Å². The maximum absolute atomic E-state index is 13.1. The average molecular weight is 470 g/mol. The summed E-state index contributed by atoms with van der Waals surface area (Å²) in [6.45, 7) is 1.87. The van der Waals surface area contributed by atoms with Crippen LogP contribution in [0.3, 0.4) is 0 Å². The fraction of sp³-hybridized carbons (Fsp3) is 0.0370. The molecule has 168 valence electrons. The number of sulfonamides is 1. The highest BCUT2D eigenvalue weighted by atomic mass is 32.2. The van der Waals surface area contributed by atoms with Gasteiger partial charge < -0.3 is 4.42 Å². The van der Waals surface area contributed by atoms with Crippen LogP contribution in [0.1, 0.15) is 21.5 Å². The van der Waals surface area contributed by atoms with Gasteiger partial charge in [-0.15, -0.1) is 0 Å². The van der Waals surface area contributed by atoms with Crippen molar-refractivity contribution in [3.8, 4) is 0 Å². The highest BCUT2D eigenvalue weighted by molar-refractivity contribution is 7.92. The summed E-state index contributed by atoms with van der Waals surface area (Å²) in [6, 6.07) is 25.2. The smallest absolute Gasteiger partial charge is 0.347 e. The summed E-state index contributed by atoms with van der Waals surface area (Å²) < 4.78 is 33.1. The molecule has 0 atom stereocenters. The Balaban J connectivity index is 1.46. The molecule has 5 aromatic rings. The number of rotatable bonds is 5. The van der Waals surface area contributed by atoms with Crippen molar-refractivity contribution >= 4 is 43.2 Å². The van der Waals surface area contributed by atoms with Crippen LogP contribution >= 0.6 is 0 Å². The number of fused-ring (bicyclic) bond motifs is 3. The van der Waals surface area contributed by atoms with Crippen LogP contribution in [0.25, 0.3) is 21.7 Å². The molecular formula is C27H19NO5S. The van der Waals surface area contributed by atoms with Crippen molar-refractivity contribution < 1.29 is 17.6 Å². The molecule has 0 amide bonds. The van der Waals surface area contributed by atoms with Crippen molar-refractivity contribution in [2.75, 3.05) is 4.72 Å². The highest BCUT2D eigenvalue weighted by Gasteiger charge is 2.18. The maximum atomic E-state index is 13.1. The average Bonchev–Trinajstić information content (AvgIpc) is 2.83. The molecule has 0 spiro atoms. The van der Waals surface area contributed by atoms with E-state index in [1.165, 1.54) is 36.4 Å². The lowest BCUT2D eigenvalue weighted by atomic mass is 10.0. The number of aryl methyl sites for hydroxylation is 1. The van der Waals surface area contributed by atoms with Gasteiger partial charge in [0.1, 0.15) is 11.1 Å². The van der Waals surface area contributed by atoms with Crippen molar-refractivity contribution in [2.24, 2.45) is 0 Å². The zero-order chi connectivity index (χ0) is 23.9. The molecule has 5 rings (SSSR count). The standard InChI is InChI=1S/C27H19NO5S/c1-17-6-13-21(14-7-17)34(31,32)28-20-11-8-19(9-12-20)26(29)24-16-23-22-5-3-2-4-18(22)10-15-25(23)33-27(24)30/h2-16,28H,1H3. The quantitative estimate of drug-likeness (QED) is 0.215. The molecule has 0 fully saturated rings. The third kappa shape index (κ3) is 3.97. The lowest BCUT2D eigenvalue weighted by molar-refractivity contribution is 0.103. The van der Waals surface area contributed by atoms with E-state index >= 15 is 0 Å². The van der Waals surface area contributed by atoms with Gasteiger partial charge in [-0.1, -0.05) is 48.0 Å². The topological polar surface area (TPSA) is 93.4 Å². The van der Waals surface area contributed by atoms with Crippen LogP contribution < -0.4 is 10.3 Å². The second kappa shape index (κ2) is 8.28. The Morgan fingerprint density at radius 3 is 2.26 bits per heavy atom. The van der Waals surface area contributed by atoms with Crippen molar-refractivity contribution in [1.82, 2.24) is 0 Å². The normalized spacial score (nSPS) is 11.6. The lowest BCUT2D eigenvalue weighted by Gasteiger charge is -2.09. The first-order chi connectivity index (χ1) is 16.3. The Hall–Kier alpha value is -4.23. The molecule has 4 aromatic carbocycles. The lowest BCUT2D eigenvalue weighted by Crippen LogP contribution is -2.15. The molecule has 0 aliphatic carbocycles. The zero-order valence-electron chi connectivity index (χ0n) is 18.1. The summed E-state index contributed by atoms with van der Waals surface area (Å²) in [5.74, 6) is -0.503. The number of nitrogens with one attached hydrogen (secondary N) is 1. The number of carbonyl (C=O) groups is 1. The number of benzene rings is 4. The van der Waals surface area contributed by atoms with E-state index in [0.29, 0.717) is 16.7 Å². The minimum absolute atomic E-state index is 0.0863. The Labute approximate surface area is 195 Å². The van der Waals surface area contributed by atoms with Crippen LogP contribution in [0.4, 0.5) is 5.69 Å². The Morgan fingerprint density at radius 1 is 0.824 bits per heavy atom. The zero-order valence-corrected chi connectivity index (χ0v) is 18.9. The van der Waals surface area contributed by atoms with Crippen molar-refractivity contribution in [3.63, 3.8) is 0 Å². The fourth-order valence-corrected chi connectivity index (χ4v) is 4.87. The first kappa shape index (κ1) is 21.6. The van der Waals surface area contributed by atoms with Gasteiger partial charge in [0.2, 0.25) is 0 Å². The van der Waals surface area contributed by atoms with Crippen LogP contribution in [0.15, 0.2) is 105 Å². The monoisotopic (exact) mass is 469 g/mol. The molecule has 0 unspecified atom stereocenters. The second-order valence-corrected chi connectivity index (χ2v) is 9.65. The molecule has 1 heterocycles. The molecule has 0 aliphatic heterocycles. The third-order valence-corrected chi connectivity index (χ3v) is 7.01. The molecule has 34 heavy (non-hydrogen) atoms. The number of hydrogen-bond acceptors (Lipinski definition) is 5. The molecule has 7 heteroatoms. The summed E-state index contributed by atoms with van der Waals surface area (Å²) in [7, 11) is -3.77. The molecule has 0 aliphatic rings. The summed E-state index contributed by atoms with van der Waals surface area (Å²) in [4.78, 5) is 25.8. The van der Waals surface area contributed by atoms with E-state index in [2.05, 4.69) is 4.72 Å². The maximum Gasteiger partial charge on any atom is 0.347 e. The fourth-order valence-electron chi connectivity index (χ4n) is 3.81. The van der Waals surface area contributed by atoms with Gasteiger partial charge in [0.15, 0.2) is 5.78 Å². The summed E-state index contributed by atoms with van der Waals surface area (Å²) >= 11 is 0. The van der Waals surface area contributed by atoms with E-state index in [0.717, 1.165) is 16.3 Å². The second-order valence-electron chi connectivity index (χ2n) is 7.97. The Kier molecular flexibility index (Phi) is 5.26. The van der Waals surface area contributed by atoms with Gasteiger partial charge in [-0.05, 0) is 66.2 Å². The van der Waals surface area contributed by atoms with Gasteiger partial charge in [-0.3, -0.25) is 9.52 Å². The Bertz CT molecular complexity index is 1720. The van der Waals surface area contributed by atoms with Gasteiger partial charge >= 0.3 is 5.63 Å². The van der Waals surface area contributed by atoms with Crippen LogP contribution in [-0.2, 0) is 10.0 Å². The van der Waals surface area contributed by atoms with E-state index < -0.39 is 21.4 Å². The molecular weight excluding hydrogens is 450 g/mol. The van der Waals surface area contributed by atoms with E-state index in [9.17, 15) is 18.0 Å². The number of carbonyl (C=O) groups excluding carboxylic acids is 1. The van der Waals surface area contributed by atoms with Crippen molar-refractivity contribution in [3.05, 3.63) is 118 Å². The van der Waals surface area contributed by atoms with Crippen LogP contribution in [0, 0.1) is 6.92 Å². The van der Waals surface area contributed by atoms with E-state index in [-0.39, 0.29) is 16.0 Å². The van der Waals surface area contributed by atoms with E-state index in [1.54, 1.807) is 24.3 Å². The van der Waals surface area contributed by atoms with Crippen LogP contribution in [-0.4, -0.2) is 14.2 Å². The SMILES string of the molecule is Cc1ccc(S(=O)(=O)Nc2ccc(C(=O)c3cc4c(ccc5ccccc54)oc3=O)cc2)cc1. The van der Waals surface area contributed by atoms with Crippen LogP contribution in [0.2, 0.25) is 0 Å². The largest absolute Gasteiger partial charge is 0.422 e. The molecule has 0 saturated carbocycles. The van der Waals surface area contributed by atoms with Crippen molar-refractivity contribution in [1.29, 1.82) is 0 Å². The van der Waals surface area contributed by atoms with Gasteiger partial charge in [-0.2, -0.15) is 0 Å². The van der Waals surface area contributed by atoms with E-state index in [4.69, 9.17) is 4.42 Å². The van der Waals surface area contributed by atoms with Gasteiger partial charge in [0.25, 0.3) is 10.0 Å². The summed E-state index contributed by atoms with van der Waals surface area (Å²) in [5, 5.41) is 2.51. The molecule has 1 aromatic heterocycles. The molecule has 0 radical (unpaired) electrons. The first-order valence-electron chi connectivity index (χ1n) is 10.5. The number of ketones is 1. The van der Waals surface area contributed by atoms with Crippen LogP contribution in [0.5, 0.6) is 0 Å². The molecule has 0 bridgehead atoms. The highest BCUT2D eigenvalue weighted by Crippen LogP contribution is 2.26. The predicted molar refractivity (Wildman–Crippen MR) is 132 cm³/mol. The first-order valence-corrected chi connectivity index (χ1v) is 12.0. The molecule has 1 N–H and O–H groups in total. The number of hydrogen-bond donors (Lipinski definition) is 1.